The summed E-state index contributed by atoms with van der Waals surface area (Å²) < 4.78 is 38.7. The molecule has 30 heavy (non-hydrogen) atoms. The number of alkyl halides is 2. The lowest BCUT2D eigenvalue weighted by molar-refractivity contribution is 0.0974. The molecule has 2 bridgehead atoms. The molecule has 2 N–H and O–H groups in total. The van der Waals surface area contributed by atoms with Crippen LogP contribution in [0.3, 0.4) is 0 Å². The van der Waals surface area contributed by atoms with Gasteiger partial charge in [0.2, 0.25) is 11.9 Å². The Labute approximate surface area is 172 Å². The van der Waals surface area contributed by atoms with Crippen molar-refractivity contribution in [3.05, 3.63) is 17.8 Å². The standard InChI is InChI=1S/C19H23F2N7O2/c1-10-8-29-3-2-27(10)18-24-17(14-6-23-15(22)5-13(14)16(20)21)25-19(26-18)28-7-12-4-11(28)9-30-12/h5-6,10-12,16H,2-4,7-9H2,1H3,(H2,22,23)/t10-,11-,12?/m1/s1. The summed E-state index contributed by atoms with van der Waals surface area (Å²) in [4.78, 5) is 22.0. The van der Waals surface area contributed by atoms with E-state index in [1.165, 1.54) is 12.3 Å². The molecule has 3 aliphatic rings. The van der Waals surface area contributed by atoms with E-state index in [9.17, 15) is 8.78 Å². The SMILES string of the molecule is C[C@@H]1COCCN1c1nc(-c2cnc(N)cc2C(F)F)nc(N2CC3C[C@@H]2CO3)n1. The van der Waals surface area contributed by atoms with Gasteiger partial charge in [0.25, 0.3) is 6.43 Å². The van der Waals surface area contributed by atoms with Crippen LogP contribution < -0.4 is 15.5 Å². The fourth-order valence-corrected chi connectivity index (χ4v) is 4.26. The van der Waals surface area contributed by atoms with Crippen LogP contribution in [0.2, 0.25) is 0 Å². The van der Waals surface area contributed by atoms with Gasteiger partial charge in [-0.05, 0) is 19.4 Å². The largest absolute Gasteiger partial charge is 0.384 e. The highest BCUT2D eigenvalue weighted by molar-refractivity contribution is 5.64. The third-order valence-electron chi connectivity index (χ3n) is 5.83. The Morgan fingerprint density at radius 3 is 2.63 bits per heavy atom. The number of fused-ring (bicyclic) bond motifs is 2. The maximum atomic E-state index is 13.7. The van der Waals surface area contributed by atoms with Gasteiger partial charge in [0.15, 0.2) is 5.82 Å². The Kier molecular flexibility index (Phi) is 4.86. The van der Waals surface area contributed by atoms with Crippen molar-refractivity contribution in [2.24, 2.45) is 0 Å². The van der Waals surface area contributed by atoms with Crippen LogP contribution in [0.25, 0.3) is 11.4 Å². The van der Waals surface area contributed by atoms with Crippen LogP contribution in [0.5, 0.6) is 0 Å². The molecule has 11 heteroatoms. The van der Waals surface area contributed by atoms with Crippen molar-refractivity contribution in [2.45, 2.75) is 38.0 Å². The number of aromatic nitrogens is 4. The molecule has 160 valence electrons. The van der Waals surface area contributed by atoms with Crippen LogP contribution in [0.1, 0.15) is 25.3 Å². The zero-order chi connectivity index (χ0) is 20.8. The van der Waals surface area contributed by atoms with Gasteiger partial charge in [-0.1, -0.05) is 0 Å². The van der Waals surface area contributed by atoms with E-state index in [-0.39, 0.29) is 41.0 Å². The molecule has 1 unspecified atom stereocenters. The molecule has 5 heterocycles. The van der Waals surface area contributed by atoms with Crippen LogP contribution in [-0.2, 0) is 9.47 Å². The minimum atomic E-state index is -2.73. The average molecular weight is 419 g/mol. The molecule has 0 aromatic carbocycles. The minimum Gasteiger partial charge on any atom is -0.384 e. The topological polar surface area (TPSA) is 103 Å². The maximum absolute atomic E-state index is 13.7. The van der Waals surface area contributed by atoms with Crippen molar-refractivity contribution < 1.29 is 18.3 Å². The molecule has 0 aliphatic carbocycles. The Morgan fingerprint density at radius 2 is 1.97 bits per heavy atom. The molecule has 3 atom stereocenters. The van der Waals surface area contributed by atoms with Gasteiger partial charge in [-0.15, -0.1) is 0 Å². The molecule has 9 nitrogen and oxygen atoms in total. The van der Waals surface area contributed by atoms with Crippen molar-refractivity contribution in [3.8, 4) is 11.4 Å². The van der Waals surface area contributed by atoms with Crippen molar-refractivity contribution in [1.29, 1.82) is 0 Å². The first-order chi connectivity index (χ1) is 14.5. The van der Waals surface area contributed by atoms with Crippen molar-refractivity contribution >= 4 is 17.7 Å². The predicted molar refractivity (Wildman–Crippen MR) is 106 cm³/mol. The van der Waals surface area contributed by atoms with E-state index >= 15 is 0 Å². The first kappa shape index (κ1) is 19.3. The number of halogens is 2. The number of pyridine rings is 1. The molecule has 0 radical (unpaired) electrons. The summed E-state index contributed by atoms with van der Waals surface area (Å²) in [7, 11) is 0. The second-order valence-corrected chi connectivity index (χ2v) is 7.87. The summed E-state index contributed by atoms with van der Waals surface area (Å²) >= 11 is 0. The highest BCUT2D eigenvalue weighted by Crippen LogP contribution is 2.35. The number of hydrogen-bond acceptors (Lipinski definition) is 9. The Balaban J connectivity index is 1.62. The molecule has 0 saturated carbocycles. The highest BCUT2D eigenvalue weighted by atomic mass is 19.3. The molecule has 5 rings (SSSR count). The third-order valence-corrected chi connectivity index (χ3v) is 5.83. The predicted octanol–water partition coefficient (Wildman–Crippen LogP) is 1.66. The van der Waals surface area contributed by atoms with Gasteiger partial charge in [-0.2, -0.15) is 15.0 Å². The van der Waals surface area contributed by atoms with Crippen molar-refractivity contribution in [2.75, 3.05) is 48.4 Å². The van der Waals surface area contributed by atoms with Crippen LogP contribution in [0.4, 0.5) is 26.5 Å². The number of nitrogens with zero attached hydrogens (tertiary/aromatic N) is 6. The quantitative estimate of drug-likeness (QED) is 0.792. The zero-order valence-electron chi connectivity index (χ0n) is 16.5. The van der Waals surface area contributed by atoms with Crippen LogP contribution in [0.15, 0.2) is 12.3 Å². The number of nitrogens with two attached hydrogens (primary N) is 1. The van der Waals surface area contributed by atoms with E-state index in [0.29, 0.717) is 44.8 Å². The average Bonchev–Trinajstić information content (AvgIpc) is 3.37. The summed E-state index contributed by atoms with van der Waals surface area (Å²) in [6.45, 7) is 5.01. The van der Waals surface area contributed by atoms with Gasteiger partial charge in [-0.25, -0.2) is 13.8 Å². The fourth-order valence-electron chi connectivity index (χ4n) is 4.26. The number of hydrogen-bond donors (Lipinski definition) is 1. The maximum Gasteiger partial charge on any atom is 0.264 e. The molecule has 3 saturated heterocycles. The molecule has 2 aromatic heterocycles. The summed E-state index contributed by atoms with van der Waals surface area (Å²) in [6, 6.07) is 1.41. The zero-order valence-corrected chi connectivity index (χ0v) is 16.5. The highest BCUT2D eigenvalue weighted by Gasteiger charge is 2.41. The molecule has 0 spiro atoms. The van der Waals surface area contributed by atoms with Gasteiger partial charge in [0.05, 0.1) is 38.0 Å². The second-order valence-electron chi connectivity index (χ2n) is 7.87. The summed E-state index contributed by atoms with van der Waals surface area (Å²) in [5.41, 5.74) is 5.55. The van der Waals surface area contributed by atoms with Gasteiger partial charge < -0.3 is 25.0 Å². The number of rotatable bonds is 4. The lowest BCUT2D eigenvalue weighted by Gasteiger charge is -2.34. The minimum absolute atomic E-state index is 0.0272. The number of nitrogen functional groups attached to an aromatic ring is 1. The number of morpholine rings is 2. The summed E-state index contributed by atoms with van der Waals surface area (Å²) in [5.74, 6) is 1.12. The lowest BCUT2D eigenvalue weighted by atomic mass is 10.1. The summed E-state index contributed by atoms with van der Waals surface area (Å²) in [6.07, 6.45) is -0.360. The van der Waals surface area contributed by atoms with Crippen molar-refractivity contribution in [1.82, 2.24) is 19.9 Å². The molecule has 2 aromatic rings. The molecular formula is C19H23F2N7O2. The molecule has 0 amide bonds. The molecule has 3 fully saturated rings. The van der Waals surface area contributed by atoms with Crippen LogP contribution in [0, 0.1) is 0 Å². The summed E-state index contributed by atoms with van der Waals surface area (Å²) in [5, 5.41) is 0. The molecule has 3 aliphatic heterocycles. The first-order valence-corrected chi connectivity index (χ1v) is 10.0. The Hall–Kier alpha value is -2.66. The number of ether oxygens (including phenoxy) is 2. The fraction of sp³-hybridized carbons (Fsp3) is 0.579. The van der Waals surface area contributed by atoms with Crippen LogP contribution in [-0.4, -0.2) is 71.0 Å². The van der Waals surface area contributed by atoms with Gasteiger partial charge in [0.1, 0.15) is 5.82 Å². The first-order valence-electron chi connectivity index (χ1n) is 10.0. The van der Waals surface area contributed by atoms with Crippen molar-refractivity contribution in [3.63, 3.8) is 0 Å². The second kappa shape index (κ2) is 7.55. The third kappa shape index (κ3) is 3.41. The number of anilines is 3. The van der Waals surface area contributed by atoms with Gasteiger partial charge in [0, 0.05) is 30.4 Å². The Bertz CT molecular complexity index is 927. The lowest BCUT2D eigenvalue weighted by Crippen LogP contribution is -2.45. The Morgan fingerprint density at radius 1 is 1.17 bits per heavy atom. The van der Waals surface area contributed by atoms with Crippen LogP contribution >= 0.6 is 0 Å². The monoisotopic (exact) mass is 419 g/mol. The van der Waals surface area contributed by atoms with E-state index in [1.54, 1.807) is 0 Å². The van der Waals surface area contributed by atoms with Gasteiger partial charge >= 0.3 is 0 Å². The van der Waals surface area contributed by atoms with Gasteiger partial charge in [-0.3, -0.25) is 0 Å². The smallest absolute Gasteiger partial charge is 0.264 e. The van der Waals surface area contributed by atoms with E-state index in [0.717, 1.165) is 6.42 Å². The van der Waals surface area contributed by atoms with E-state index < -0.39 is 6.43 Å². The van der Waals surface area contributed by atoms with E-state index in [4.69, 9.17) is 20.2 Å². The normalized spacial score (nSPS) is 26.1. The van der Waals surface area contributed by atoms with E-state index in [1.807, 2.05) is 11.8 Å². The molecular weight excluding hydrogens is 396 g/mol. The van der Waals surface area contributed by atoms with E-state index in [2.05, 4.69) is 19.9 Å².